The monoisotopic (exact) mass is 365 g/mol. The molecule has 0 spiro atoms. The summed E-state index contributed by atoms with van der Waals surface area (Å²) in [5.41, 5.74) is 6.15. The number of nitrogens with zero attached hydrogens (tertiary/aromatic N) is 2. The van der Waals surface area contributed by atoms with Crippen molar-refractivity contribution in [3.63, 3.8) is 0 Å². The molecule has 4 nitrogen and oxygen atoms in total. The first-order valence-electron chi connectivity index (χ1n) is 9.50. The smallest absolute Gasteiger partial charge is 0.267 e. The van der Waals surface area contributed by atoms with Gasteiger partial charge >= 0.3 is 0 Å². The minimum atomic E-state index is -0.211. The molecular weight excluding hydrogens is 346 g/mol. The maximum atomic E-state index is 12.9. The van der Waals surface area contributed by atoms with Crippen molar-refractivity contribution >= 4 is 33.8 Å². The summed E-state index contributed by atoms with van der Waals surface area (Å²) in [6.45, 7) is 0. The zero-order valence-corrected chi connectivity index (χ0v) is 15.3. The molecule has 0 saturated heterocycles. The normalized spacial score (nSPS) is 14.0. The molecule has 3 aromatic carbocycles. The molecular formula is C24H19N3O. The van der Waals surface area contributed by atoms with Crippen LogP contribution in [0.15, 0.2) is 77.9 Å². The third-order valence-electron chi connectivity index (χ3n) is 5.17. The van der Waals surface area contributed by atoms with Crippen LogP contribution in [0.4, 0.5) is 0 Å². The Bertz CT molecular complexity index is 1220. The molecule has 0 bridgehead atoms. The molecule has 0 atom stereocenters. The van der Waals surface area contributed by atoms with Crippen LogP contribution in [-0.2, 0) is 0 Å². The summed E-state index contributed by atoms with van der Waals surface area (Å²) in [6.07, 6.45) is 3.99. The largest absolute Gasteiger partial charge is 0.272 e. The SMILES string of the molecule is O=C(N/N=C/c1cccc2ccccc12)c1cc(C2CC2)nc2ccccc12. The predicted octanol–water partition coefficient (Wildman–Crippen LogP) is 5.03. The number of carbonyl (C=O) groups is 1. The van der Waals surface area contributed by atoms with Crippen LogP contribution >= 0.6 is 0 Å². The topological polar surface area (TPSA) is 54.4 Å². The maximum Gasteiger partial charge on any atom is 0.272 e. The highest BCUT2D eigenvalue weighted by Gasteiger charge is 2.26. The fourth-order valence-electron chi connectivity index (χ4n) is 3.56. The molecule has 4 aromatic rings. The minimum absolute atomic E-state index is 0.211. The number of hydrogen-bond acceptors (Lipinski definition) is 3. The fourth-order valence-corrected chi connectivity index (χ4v) is 3.56. The van der Waals surface area contributed by atoms with Crippen molar-refractivity contribution in [2.75, 3.05) is 0 Å². The average Bonchev–Trinajstić information content (AvgIpc) is 3.58. The van der Waals surface area contributed by atoms with E-state index in [1.165, 1.54) is 0 Å². The van der Waals surface area contributed by atoms with Gasteiger partial charge in [0.1, 0.15) is 0 Å². The summed E-state index contributed by atoms with van der Waals surface area (Å²) in [7, 11) is 0. The molecule has 1 N–H and O–H groups in total. The Morgan fingerprint density at radius 1 is 0.964 bits per heavy atom. The highest BCUT2D eigenvalue weighted by atomic mass is 16.2. The molecule has 136 valence electrons. The number of nitrogens with one attached hydrogen (secondary N) is 1. The molecule has 1 amide bonds. The number of carbonyl (C=O) groups excluding carboxylic acids is 1. The second-order valence-corrected chi connectivity index (χ2v) is 7.15. The minimum Gasteiger partial charge on any atom is -0.267 e. The number of benzene rings is 3. The lowest BCUT2D eigenvalue weighted by atomic mass is 10.1. The van der Waals surface area contributed by atoms with Crippen LogP contribution in [-0.4, -0.2) is 17.1 Å². The van der Waals surface area contributed by atoms with Crippen molar-refractivity contribution in [1.82, 2.24) is 10.4 Å². The van der Waals surface area contributed by atoms with E-state index in [9.17, 15) is 4.79 Å². The van der Waals surface area contributed by atoms with Crippen LogP contribution in [0.1, 0.15) is 40.4 Å². The van der Waals surface area contributed by atoms with E-state index in [0.29, 0.717) is 11.5 Å². The fraction of sp³-hybridized carbons (Fsp3) is 0.125. The Morgan fingerprint density at radius 2 is 1.71 bits per heavy atom. The molecule has 1 heterocycles. The molecule has 0 unspecified atom stereocenters. The van der Waals surface area contributed by atoms with Crippen LogP contribution in [0, 0.1) is 0 Å². The Morgan fingerprint density at radius 3 is 2.57 bits per heavy atom. The highest BCUT2D eigenvalue weighted by Crippen LogP contribution is 2.40. The van der Waals surface area contributed by atoms with Gasteiger partial charge in [0.05, 0.1) is 17.3 Å². The third kappa shape index (κ3) is 3.14. The Hall–Kier alpha value is -3.53. The Labute approximate surface area is 162 Å². The van der Waals surface area contributed by atoms with Crippen molar-refractivity contribution in [1.29, 1.82) is 0 Å². The second kappa shape index (κ2) is 6.89. The summed E-state index contributed by atoms with van der Waals surface area (Å²) >= 11 is 0. The lowest BCUT2D eigenvalue weighted by molar-refractivity contribution is 0.0956. The Kier molecular flexibility index (Phi) is 4.09. The highest BCUT2D eigenvalue weighted by molar-refractivity contribution is 6.07. The summed E-state index contributed by atoms with van der Waals surface area (Å²) in [5.74, 6) is 0.271. The third-order valence-corrected chi connectivity index (χ3v) is 5.17. The van der Waals surface area contributed by atoms with Crippen molar-refractivity contribution < 1.29 is 4.79 Å². The molecule has 1 aliphatic carbocycles. The summed E-state index contributed by atoms with van der Waals surface area (Å²) in [5, 5.41) is 7.32. The Balaban J connectivity index is 1.45. The lowest BCUT2D eigenvalue weighted by Gasteiger charge is -2.08. The number of fused-ring (bicyclic) bond motifs is 2. The zero-order valence-electron chi connectivity index (χ0n) is 15.3. The first kappa shape index (κ1) is 16.6. The van der Waals surface area contributed by atoms with Gasteiger partial charge in [-0.25, -0.2) is 5.43 Å². The second-order valence-electron chi connectivity index (χ2n) is 7.15. The van der Waals surface area contributed by atoms with E-state index < -0.39 is 0 Å². The molecule has 28 heavy (non-hydrogen) atoms. The van der Waals surface area contributed by atoms with Crippen LogP contribution in [0.3, 0.4) is 0 Å². The van der Waals surface area contributed by atoms with Crippen molar-refractivity contribution in [2.24, 2.45) is 5.10 Å². The van der Waals surface area contributed by atoms with E-state index in [0.717, 1.165) is 45.8 Å². The van der Waals surface area contributed by atoms with Gasteiger partial charge in [-0.2, -0.15) is 5.10 Å². The first-order chi connectivity index (χ1) is 13.8. The van der Waals surface area contributed by atoms with E-state index in [4.69, 9.17) is 4.98 Å². The van der Waals surface area contributed by atoms with E-state index in [1.807, 2.05) is 54.6 Å². The standard InChI is InChI=1S/C24H19N3O/c28-24(27-25-15-18-8-5-7-16-6-1-2-9-19(16)18)21-14-23(17-12-13-17)26-22-11-4-3-10-20(21)22/h1-11,14-15,17H,12-13H2,(H,27,28)/b25-15+. The summed E-state index contributed by atoms with van der Waals surface area (Å²) < 4.78 is 0. The summed E-state index contributed by atoms with van der Waals surface area (Å²) in [4.78, 5) is 17.6. The quantitative estimate of drug-likeness (QED) is 0.407. The van der Waals surface area contributed by atoms with Crippen molar-refractivity contribution in [3.05, 3.63) is 89.6 Å². The first-order valence-corrected chi connectivity index (χ1v) is 9.50. The lowest BCUT2D eigenvalue weighted by Crippen LogP contribution is -2.18. The van der Waals surface area contributed by atoms with Crippen LogP contribution in [0.2, 0.25) is 0 Å². The van der Waals surface area contributed by atoms with Crippen LogP contribution < -0.4 is 5.43 Å². The number of hydrogen-bond donors (Lipinski definition) is 1. The molecule has 1 aliphatic rings. The van der Waals surface area contributed by atoms with Crippen molar-refractivity contribution in [3.8, 4) is 0 Å². The predicted molar refractivity (Wildman–Crippen MR) is 113 cm³/mol. The van der Waals surface area contributed by atoms with Gasteiger partial charge < -0.3 is 0 Å². The van der Waals surface area contributed by atoms with Gasteiger partial charge in [-0.05, 0) is 35.7 Å². The van der Waals surface area contributed by atoms with E-state index in [2.05, 4.69) is 28.7 Å². The molecule has 4 heteroatoms. The van der Waals surface area contributed by atoms with E-state index >= 15 is 0 Å². The van der Waals surface area contributed by atoms with Gasteiger partial charge in [-0.3, -0.25) is 9.78 Å². The van der Waals surface area contributed by atoms with Gasteiger partial charge in [0.15, 0.2) is 0 Å². The zero-order chi connectivity index (χ0) is 18.9. The molecule has 1 saturated carbocycles. The molecule has 0 aliphatic heterocycles. The number of pyridine rings is 1. The maximum absolute atomic E-state index is 12.9. The number of para-hydroxylation sites is 1. The number of amides is 1. The van der Waals surface area contributed by atoms with Gasteiger partial charge in [-0.1, -0.05) is 60.7 Å². The molecule has 5 rings (SSSR count). The summed E-state index contributed by atoms with van der Waals surface area (Å²) in [6, 6.07) is 23.9. The van der Waals surface area contributed by atoms with Crippen LogP contribution in [0.25, 0.3) is 21.7 Å². The molecule has 1 fully saturated rings. The van der Waals surface area contributed by atoms with Crippen LogP contribution in [0.5, 0.6) is 0 Å². The average molecular weight is 365 g/mol. The van der Waals surface area contributed by atoms with Gasteiger partial charge in [0.25, 0.3) is 5.91 Å². The number of aromatic nitrogens is 1. The molecule has 0 radical (unpaired) electrons. The number of hydrazone groups is 1. The van der Waals surface area contributed by atoms with E-state index in [1.54, 1.807) is 6.21 Å². The van der Waals surface area contributed by atoms with E-state index in [-0.39, 0.29) is 5.91 Å². The molecule has 1 aromatic heterocycles. The van der Waals surface area contributed by atoms with Gasteiger partial charge in [0.2, 0.25) is 0 Å². The van der Waals surface area contributed by atoms with Gasteiger partial charge in [-0.15, -0.1) is 0 Å². The van der Waals surface area contributed by atoms with Gasteiger partial charge in [0, 0.05) is 22.6 Å². The van der Waals surface area contributed by atoms with Crippen molar-refractivity contribution in [2.45, 2.75) is 18.8 Å². The number of rotatable bonds is 4.